The minimum atomic E-state index is 0.0334. The molecule has 0 aliphatic carbocycles. The molecule has 5 nitrogen and oxygen atoms in total. The van der Waals surface area contributed by atoms with Gasteiger partial charge in [0.25, 0.3) is 5.56 Å². The lowest BCUT2D eigenvalue weighted by Crippen LogP contribution is -2.34. The van der Waals surface area contributed by atoms with Crippen LogP contribution < -0.4 is 15.8 Å². The summed E-state index contributed by atoms with van der Waals surface area (Å²) >= 11 is 0. The highest BCUT2D eigenvalue weighted by molar-refractivity contribution is 5.37. The molecule has 1 fully saturated rings. The topological polar surface area (TPSA) is 50.2 Å². The molecule has 0 spiro atoms. The fraction of sp³-hybridized carbons (Fsp3) is 0.667. The third kappa shape index (κ3) is 2.49. The van der Waals surface area contributed by atoms with Crippen LogP contribution in [0, 0.1) is 0 Å². The first kappa shape index (κ1) is 12.1. The summed E-state index contributed by atoms with van der Waals surface area (Å²) < 4.78 is 1.75. The highest BCUT2D eigenvalue weighted by Crippen LogP contribution is 2.13. The van der Waals surface area contributed by atoms with Crippen LogP contribution in [0.2, 0.25) is 0 Å². The number of nitrogens with zero attached hydrogens (tertiary/aromatic N) is 3. The van der Waals surface area contributed by atoms with E-state index in [-0.39, 0.29) is 5.56 Å². The van der Waals surface area contributed by atoms with E-state index in [0.717, 1.165) is 32.5 Å². The van der Waals surface area contributed by atoms with Crippen molar-refractivity contribution in [3.8, 4) is 0 Å². The van der Waals surface area contributed by atoms with E-state index in [4.69, 9.17) is 0 Å². The van der Waals surface area contributed by atoms with E-state index in [9.17, 15) is 4.79 Å². The van der Waals surface area contributed by atoms with Crippen molar-refractivity contribution in [2.24, 2.45) is 0 Å². The molecular formula is C12H20N4O. The Morgan fingerprint density at radius 3 is 3.06 bits per heavy atom. The molecule has 0 aromatic carbocycles. The van der Waals surface area contributed by atoms with Crippen LogP contribution >= 0.6 is 0 Å². The second-order valence-electron chi connectivity index (χ2n) is 4.47. The van der Waals surface area contributed by atoms with Crippen LogP contribution in [0.4, 0.5) is 5.82 Å². The van der Waals surface area contributed by atoms with Gasteiger partial charge in [0.15, 0.2) is 5.82 Å². The first-order chi connectivity index (χ1) is 8.26. The van der Waals surface area contributed by atoms with Gasteiger partial charge in [-0.05, 0) is 19.9 Å². The Labute approximate surface area is 101 Å². The van der Waals surface area contributed by atoms with E-state index < -0.39 is 0 Å². The van der Waals surface area contributed by atoms with Gasteiger partial charge in [-0.25, -0.2) is 4.98 Å². The average Bonchev–Trinajstić information content (AvgIpc) is 2.80. The van der Waals surface area contributed by atoms with Crippen LogP contribution in [0.25, 0.3) is 0 Å². The van der Waals surface area contributed by atoms with Crippen LogP contribution in [0.3, 0.4) is 0 Å². The van der Waals surface area contributed by atoms with E-state index in [0.29, 0.717) is 11.9 Å². The molecule has 1 aromatic rings. The Hall–Kier alpha value is -1.36. The first-order valence-electron chi connectivity index (χ1n) is 6.24. The molecule has 1 saturated heterocycles. The Balaban J connectivity index is 2.22. The van der Waals surface area contributed by atoms with Crippen molar-refractivity contribution in [2.45, 2.75) is 32.4 Å². The lowest BCUT2D eigenvalue weighted by molar-refractivity contribution is 0.614. The van der Waals surface area contributed by atoms with Crippen LogP contribution in [0.15, 0.2) is 17.2 Å². The molecule has 17 heavy (non-hydrogen) atoms. The summed E-state index contributed by atoms with van der Waals surface area (Å²) in [6.07, 6.45) is 5.52. The van der Waals surface area contributed by atoms with Crippen LogP contribution in [-0.4, -0.2) is 35.7 Å². The second kappa shape index (κ2) is 5.31. The normalized spacial score (nSPS) is 19.9. The third-order valence-corrected chi connectivity index (χ3v) is 3.26. The van der Waals surface area contributed by atoms with Gasteiger partial charge in [0, 0.05) is 38.1 Å². The van der Waals surface area contributed by atoms with E-state index in [2.05, 4.69) is 22.1 Å². The largest absolute Gasteiger partial charge is 0.350 e. The standard InChI is InChI=1S/C12H20N4O/c1-3-6-15-8-5-14-11(12(15)17)16-7-4-10(9-16)13-2/h5,8,10,13H,3-4,6-7,9H2,1-2H3. The number of hydrogen-bond acceptors (Lipinski definition) is 4. The number of aryl methyl sites for hydroxylation is 1. The van der Waals surface area contributed by atoms with Gasteiger partial charge in [-0.2, -0.15) is 0 Å². The fourth-order valence-corrected chi connectivity index (χ4v) is 2.26. The van der Waals surface area contributed by atoms with Crippen molar-refractivity contribution in [1.82, 2.24) is 14.9 Å². The van der Waals surface area contributed by atoms with E-state index in [1.54, 1.807) is 17.0 Å². The minimum absolute atomic E-state index is 0.0334. The van der Waals surface area contributed by atoms with Gasteiger partial charge in [-0.3, -0.25) is 4.79 Å². The van der Waals surface area contributed by atoms with Crippen LogP contribution in [-0.2, 0) is 6.54 Å². The number of hydrogen-bond donors (Lipinski definition) is 1. The summed E-state index contributed by atoms with van der Waals surface area (Å²) in [7, 11) is 1.96. The molecule has 1 N–H and O–H groups in total. The van der Waals surface area contributed by atoms with Gasteiger partial charge in [0.2, 0.25) is 0 Å². The van der Waals surface area contributed by atoms with Crippen LogP contribution in [0.5, 0.6) is 0 Å². The summed E-state index contributed by atoms with van der Waals surface area (Å²) in [5, 5.41) is 3.24. The van der Waals surface area contributed by atoms with Gasteiger partial charge in [-0.1, -0.05) is 6.92 Å². The molecule has 0 bridgehead atoms. The highest BCUT2D eigenvalue weighted by atomic mass is 16.1. The minimum Gasteiger partial charge on any atom is -0.350 e. The number of nitrogens with one attached hydrogen (secondary N) is 1. The van der Waals surface area contributed by atoms with Crippen molar-refractivity contribution >= 4 is 5.82 Å². The fourth-order valence-electron chi connectivity index (χ4n) is 2.26. The van der Waals surface area contributed by atoms with Gasteiger partial charge in [0.1, 0.15) is 0 Å². The lowest BCUT2D eigenvalue weighted by atomic mass is 10.3. The van der Waals surface area contributed by atoms with Crippen molar-refractivity contribution < 1.29 is 0 Å². The number of likely N-dealkylation sites (N-methyl/N-ethyl adjacent to an activating group) is 1. The quantitative estimate of drug-likeness (QED) is 0.824. The number of rotatable bonds is 4. The number of anilines is 1. The third-order valence-electron chi connectivity index (χ3n) is 3.26. The summed E-state index contributed by atoms with van der Waals surface area (Å²) in [5.41, 5.74) is 0.0334. The predicted molar refractivity (Wildman–Crippen MR) is 68.5 cm³/mol. The average molecular weight is 236 g/mol. The molecule has 1 aliphatic rings. The molecule has 5 heteroatoms. The molecule has 0 saturated carbocycles. The lowest BCUT2D eigenvalue weighted by Gasteiger charge is -2.17. The van der Waals surface area contributed by atoms with Gasteiger partial charge >= 0.3 is 0 Å². The maximum Gasteiger partial charge on any atom is 0.293 e. The summed E-state index contributed by atoms with van der Waals surface area (Å²) in [6.45, 7) is 4.61. The van der Waals surface area contributed by atoms with E-state index >= 15 is 0 Å². The van der Waals surface area contributed by atoms with Gasteiger partial charge in [-0.15, -0.1) is 0 Å². The van der Waals surface area contributed by atoms with Crippen molar-refractivity contribution in [2.75, 3.05) is 25.0 Å². The zero-order chi connectivity index (χ0) is 12.3. The maximum absolute atomic E-state index is 12.2. The number of aromatic nitrogens is 2. The molecule has 0 radical (unpaired) electrons. The molecule has 1 aromatic heterocycles. The van der Waals surface area contributed by atoms with Gasteiger partial charge < -0.3 is 14.8 Å². The first-order valence-corrected chi connectivity index (χ1v) is 6.24. The highest BCUT2D eigenvalue weighted by Gasteiger charge is 2.24. The van der Waals surface area contributed by atoms with Crippen molar-refractivity contribution in [3.63, 3.8) is 0 Å². The van der Waals surface area contributed by atoms with Crippen LogP contribution in [0.1, 0.15) is 19.8 Å². The smallest absolute Gasteiger partial charge is 0.293 e. The zero-order valence-electron chi connectivity index (χ0n) is 10.5. The maximum atomic E-state index is 12.2. The summed E-state index contributed by atoms with van der Waals surface area (Å²) in [5.74, 6) is 0.596. The van der Waals surface area contributed by atoms with Crippen molar-refractivity contribution in [3.05, 3.63) is 22.7 Å². The molecule has 1 unspecified atom stereocenters. The SMILES string of the molecule is CCCn1ccnc(N2CCC(NC)C2)c1=O. The molecule has 1 atom stereocenters. The Bertz CT molecular complexity index is 429. The Morgan fingerprint density at radius 1 is 1.59 bits per heavy atom. The summed E-state index contributed by atoms with van der Waals surface area (Å²) in [6, 6.07) is 0.469. The van der Waals surface area contributed by atoms with E-state index in [1.807, 2.05) is 7.05 Å². The van der Waals surface area contributed by atoms with Crippen molar-refractivity contribution in [1.29, 1.82) is 0 Å². The molecule has 94 valence electrons. The molecule has 0 amide bonds. The molecule has 1 aliphatic heterocycles. The molecular weight excluding hydrogens is 216 g/mol. The molecule has 2 heterocycles. The Kier molecular flexibility index (Phi) is 3.78. The van der Waals surface area contributed by atoms with E-state index in [1.165, 1.54) is 0 Å². The predicted octanol–water partition coefficient (Wildman–Crippen LogP) is 0.451. The van der Waals surface area contributed by atoms with Gasteiger partial charge in [0.05, 0.1) is 0 Å². The summed E-state index contributed by atoms with van der Waals surface area (Å²) in [4.78, 5) is 18.5. The second-order valence-corrected chi connectivity index (χ2v) is 4.47. The monoisotopic (exact) mass is 236 g/mol. The molecule has 2 rings (SSSR count). The Morgan fingerprint density at radius 2 is 2.41 bits per heavy atom. The zero-order valence-corrected chi connectivity index (χ0v) is 10.5.